The van der Waals surface area contributed by atoms with Gasteiger partial charge in [0.15, 0.2) is 5.78 Å². The number of ether oxygens (including phenoxy) is 1. The van der Waals surface area contributed by atoms with E-state index in [0.29, 0.717) is 17.5 Å². The molecule has 130 valence electrons. The number of thioether (sulfide) groups is 1. The average molecular weight is 378 g/mol. The lowest BCUT2D eigenvalue weighted by molar-refractivity contribution is 0.101. The molecule has 1 aromatic carbocycles. The van der Waals surface area contributed by atoms with Crippen molar-refractivity contribution < 1.29 is 13.9 Å². The second-order valence-corrected chi connectivity index (χ2v) is 7.05. The van der Waals surface area contributed by atoms with Crippen LogP contribution in [0.25, 0.3) is 0 Å². The molecule has 0 N–H and O–H groups in total. The summed E-state index contributed by atoms with van der Waals surface area (Å²) in [5.41, 5.74) is 0.215. The van der Waals surface area contributed by atoms with Gasteiger partial charge >= 0.3 is 0 Å². The van der Waals surface area contributed by atoms with Gasteiger partial charge in [0.05, 0.1) is 25.0 Å². The van der Waals surface area contributed by atoms with E-state index in [1.54, 1.807) is 16.0 Å². The predicted molar refractivity (Wildman–Crippen MR) is 93.8 cm³/mol. The Morgan fingerprint density at radius 2 is 2.28 bits per heavy atom. The topological polar surface area (TPSA) is 69.9 Å². The van der Waals surface area contributed by atoms with Gasteiger partial charge in [-0.25, -0.2) is 9.07 Å². The Kier molecular flexibility index (Phi) is 5.77. The third kappa shape index (κ3) is 4.43. The van der Waals surface area contributed by atoms with E-state index < -0.39 is 5.82 Å². The molecule has 0 aliphatic rings. The molecule has 0 saturated heterocycles. The van der Waals surface area contributed by atoms with Crippen LogP contribution in [-0.4, -0.2) is 38.9 Å². The molecule has 25 heavy (non-hydrogen) atoms. The molecule has 0 aliphatic carbocycles. The van der Waals surface area contributed by atoms with Crippen LogP contribution in [0.15, 0.2) is 40.9 Å². The normalized spacial score (nSPS) is 10.8. The number of aromatic nitrogens is 4. The van der Waals surface area contributed by atoms with Gasteiger partial charge in [0.2, 0.25) is 5.16 Å². The molecule has 2 aromatic heterocycles. The Labute approximate surface area is 152 Å². The zero-order valence-electron chi connectivity index (χ0n) is 13.4. The molecule has 0 amide bonds. The maximum Gasteiger partial charge on any atom is 0.209 e. The Bertz CT molecular complexity index is 852. The van der Waals surface area contributed by atoms with Gasteiger partial charge in [0.1, 0.15) is 11.6 Å². The molecule has 0 aliphatic heterocycles. The number of halogens is 1. The second kappa shape index (κ2) is 8.21. The van der Waals surface area contributed by atoms with Crippen molar-refractivity contribution in [3.05, 3.63) is 52.0 Å². The fraction of sp³-hybridized carbons (Fsp3) is 0.250. The summed E-state index contributed by atoms with van der Waals surface area (Å²) >= 11 is 2.90. The number of tetrazole rings is 1. The largest absolute Gasteiger partial charge is 0.496 e. The third-order valence-electron chi connectivity index (χ3n) is 3.44. The van der Waals surface area contributed by atoms with E-state index in [2.05, 4.69) is 21.6 Å². The Hall–Kier alpha value is -2.26. The average Bonchev–Trinajstić information content (AvgIpc) is 3.29. The summed E-state index contributed by atoms with van der Waals surface area (Å²) in [6.45, 7) is 0.632. The van der Waals surface area contributed by atoms with E-state index in [1.165, 1.54) is 41.9 Å². The number of aryl methyl sites for hydroxylation is 2. The van der Waals surface area contributed by atoms with Crippen molar-refractivity contribution in [1.29, 1.82) is 0 Å². The number of carbonyl (C=O) groups excluding carboxylic acids is 1. The van der Waals surface area contributed by atoms with Gasteiger partial charge in [0.25, 0.3) is 0 Å². The summed E-state index contributed by atoms with van der Waals surface area (Å²) in [5, 5.41) is 14.2. The lowest BCUT2D eigenvalue weighted by Crippen LogP contribution is -2.08. The van der Waals surface area contributed by atoms with Crippen LogP contribution in [-0.2, 0) is 13.0 Å². The fourth-order valence-corrected chi connectivity index (χ4v) is 3.70. The number of methoxy groups -OCH3 is 1. The van der Waals surface area contributed by atoms with E-state index in [9.17, 15) is 9.18 Å². The Morgan fingerprint density at radius 1 is 1.40 bits per heavy atom. The van der Waals surface area contributed by atoms with Gasteiger partial charge in [-0.1, -0.05) is 17.8 Å². The lowest BCUT2D eigenvalue weighted by Gasteiger charge is -2.07. The molecule has 0 unspecified atom stereocenters. The zero-order valence-corrected chi connectivity index (χ0v) is 15.0. The molecule has 0 radical (unpaired) electrons. The number of hydrogen-bond acceptors (Lipinski definition) is 7. The smallest absolute Gasteiger partial charge is 0.209 e. The molecule has 9 heteroatoms. The van der Waals surface area contributed by atoms with Gasteiger partial charge in [-0.2, -0.15) is 0 Å². The molecule has 0 fully saturated rings. The quantitative estimate of drug-likeness (QED) is 0.443. The monoisotopic (exact) mass is 378 g/mol. The minimum absolute atomic E-state index is 0.0964. The van der Waals surface area contributed by atoms with Gasteiger partial charge in [-0.3, -0.25) is 4.79 Å². The maximum absolute atomic E-state index is 13.4. The van der Waals surface area contributed by atoms with E-state index in [-0.39, 0.29) is 17.1 Å². The summed E-state index contributed by atoms with van der Waals surface area (Å²) in [7, 11) is 1.45. The standard InChI is InChI=1S/C16H15FN4O2S2/c1-23-15-5-4-11(17)9-13(15)14(22)10-25-16-18-19-20-21(16)7-6-12-3-2-8-24-12/h2-5,8-9H,6-7,10H2,1H3. The van der Waals surface area contributed by atoms with Crippen LogP contribution in [0, 0.1) is 5.82 Å². The van der Waals surface area contributed by atoms with Crippen molar-refractivity contribution in [2.75, 3.05) is 12.9 Å². The summed E-state index contributed by atoms with van der Waals surface area (Å²) in [6, 6.07) is 7.94. The first-order valence-corrected chi connectivity index (χ1v) is 9.32. The van der Waals surface area contributed by atoms with Gasteiger partial charge in [-0.05, 0) is 40.1 Å². The van der Waals surface area contributed by atoms with E-state index in [0.717, 1.165) is 6.42 Å². The van der Waals surface area contributed by atoms with Crippen LogP contribution in [0.3, 0.4) is 0 Å². The number of Topliss-reactive ketones (excluding diaryl/α,β-unsaturated/α-hetero) is 1. The van der Waals surface area contributed by atoms with E-state index >= 15 is 0 Å². The van der Waals surface area contributed by atoms with Crippen molar-refractivity contribution in [2.45, 2.75) is 18.1 Å². The first-order chi connectivity index (χ1) is 12.2. The highest BCUT2D eigenvalue weighted by Gasteiger charge is 2.16. The van der Waals surface area contributed by atoms with Gasteiger partial charge in [0, 0.05) is 11.3 Å². The third-order valence-corrected chi connectivity index (χ3v) is 5.34. The van der Waals surface area contributed by atoms with Crippen molar-refractivity contribution in [3.63, 3.8) is 0 Å². The number of thiophene rings is 1. The molecule has 0 bridgehead atoms. The SMILES string of the molecule is COc1ccc(F)cc1C(=O)CSc1nnnn1CCc1cccs1. The number of nitrogens with zero attached hydrogens (tertiary/aromatic N) is 4. The molecule has 3 aromatic rings. The number of rotatable bonds is 8. The van der Waals surface area contributed by atoms with E-state index in [4.69, 9.17) is 4.74 Å². The highest BCUT2D eigenvalue weighted by Crippen LogP contribution is 2.23. The first kappa shape index (κ1) is 17.6. The molecule has 0 atom stereocenters. The molecule has 0 saturated carbocycles. The summed E-state index contributed by atoms with van der Waals surface area (Å²) < 4.78 is 20.2. The zero-order chi connectivity index (χ0) is 17.6. The summed E-state index contributed by atoms with van der Waals surface area (Å²) in [5.74, 6) is -0.271. The maximum atomic E-state index is 13.4. The molecule has 2 heterocycles. The van der Waals surface area contributed by atoms with Crippen LogP contribution in [0.2, 0.25) is 0 Å². The predicted octanol–water partition coefficient (Wildman–Crippen LogP) is 3.10. The van der Waals surface area contributed by atoms with Crippen LogP contribution in [0.4, 0.5) is 4.39 Å². The van der Waals surface area contributed by atoms with Crippen LogP contribution in [0.5, 0.6) is 5.75 Å². The van der Waals surface area contributed by atoms with Gasteiger partial charge < -0.3 is 4.74 Å². The van der Waals surface area contributed by atoms with E-state index in [1.807, 2.05) is 11.4 Å². The van der Waals surface area contributed by atoms with Crippen LogP contribution < -0.4 is 4.74 Å². The number of hydrogen-bond donors (Lipinski definition) is 0. The van der Waals surface area contributed by atoms with Crippen LogP contribution >= 0.6 is 23.1 Å². The van der Waals surface area contributed by atoms with Crippen LogP contribution in [0.1, 0.15) is 15.2 Å². The minimum atomic E-state index is -0.477. The number of ketones is 1. The summed E-state index contributed by atoms with van der Waals surface area (Å²) in [4.78, 5) is 13.6. The second-order valence-electron chi connectivity index (χ2n) is 5.07. The van der Waals surface area contributed by atoms with Crippen molar-refractivity contribution in [3.8, 4) is 5.75 Å². The van der Waals surface area contributed by atoms with Crippen molar-refractivity contribution in [2.24, 2.45) is 0 Å². The highest BCUT2D eigenvalue weighted by molar-refractivity contribution is 7.99. The lowest BCUT2D eigenvalue weighted by atomic mass is 10.1. The van der Waals surface area contributed by atoms with Crippen molar-refractivity contribution >= 4 is 28.9 Å². The molecular weight excluding hydrogens is 363 g/mol. The highest BCUT2D eigenvalue weighted by atomic mass is 32.2. The number of carbonyl (C=O) groups is 1. The molecule has 0 spiro atoms. The Morgan fingerprint density at radius 3 is 3.04 bits per heavy atom. The number of benzene rings is 1. The Balaban J connectivity index is 1.63. The minimum Gasteiger partial charge on any atom is -0.496 e. The molecule has 3 rings (SSSR count). The van der Waals surface area contributed by atoms with Gasteiger partial charge in [-0.15, -0.1) is 16.4 Å². The first-order valence-electron chi connectivity index (χ1n) is 7.45. The summed E-state index contributed by atoms with van der Waals surface area (Å²) in [6.07, 6.45) is 0.821. The van der Waals surface area contributed by atoms with Crippen molar-refractivity contribution in [1.82, 2.24) is 20.2 Å². The molecule has 6 nitrogen and oxygen atoms in total. The fourth-order valence-electron chi connectivity index (χ4n) is 2.22. The molecular formula is C16H15FN4O2S2.